The van der Waals surface area contributed by atoms with Gasteiger partial charge in [-0.15, -0.1) is 0 Å². The average Bonchev–Trinajstić information content (AvgIpc) is 3.00. The molecule has 3 aromatic carbocycles. The third-order valence-electron chi connectivity index (χ3n) is 6.73. The standard InChI is InChI=1S/C30H29Cl2N5O4S/c31-23-10-13-27(25(32)21-23)41-28-6-2-1-5-26(28)35-42(39,40)24-11-8-22(9-12-24)30(38)34-15-16-36-17-19-37(20-18-36)29-7-3-4-14-33-29/h1-14,21,35H,15-20H2,(H,34,38). The molecule has 1 aromatic heterocycles. The molecule has 1 amide bonds. The summed E-state index contributed by atoms with van der Waals surface area (Å²) in [7, 11) is -3.97. The minimum absolute atomic E-state index is 0.00385. The molecule has 42 heavy (non-hydrogen) atoms. The number of pyridine rings is 1. The molecule has 0 radical (unpaired) electrons. The number of piperazine rings is 1. The lowest BCUT2D eigenvalue weighted by Gasteiger charge is -2.35. The van der Waals surface area contributed by atoms with Crippen molar-refractivity contribution in [2.75, 3.05) is 48.9 Å². The number of carbonyl (C=O) groups is 1. The van der Waals surface area contributed by atoms with E-state index in [1.807, 2.05) is 18.2 Å². The number of nitrogens with one attached hydrogen (secondary N) is 2. The average molecular weight is 627 g/mol. The highest BCUT2D eigenvalue weighted by Crippen LogP contribution is 2.35. The van der Waals surface area contributed by atoms with Gasteiger partial charge in [0, 0.05) is 56.1 Å². The number of hydrogen-bond acceptors (Lipinski definition) is 7. The van der Waals surface area contributed by atoms with Gasteiger partial charge in [-0.3, -0.25) is 14.4 Å². The molecule has 1 fully saturated rings. The second kappa shape index (κ2) is 13.4. The van der Waals surface area contributed by atoms with Crippen molar-refractivity contribution < 1.29 is 17.9 Å². The lowest BCUT2D eigenvalue weighted by molar-refractivity contribution is 0.0947. The van der Waals surface area contributed by atoms with Crippen LogP contribution in [0.2, 0.25) is 10.0 Å². The molecule has 1 aliphatic heterocycles. The summed E-state index contributed by atoms with van der Waals surface area (Å²) >= 11 is 12.2. The SMILES string of the molecule is O=C(NCCN1CCN(c2ccccn2)CC1)c1ccc(S(=O)(=O)Nc2ccccc2Oc2ccc(Cl)cc2Cl)cc1. The van der Waals surface area contributed by atoms with E-state index in [0.29, 0.717) is 22.9 Å². The second-order valence-electron chi connectivity index (χ2n) is 9.58. The van der Waals surface area contributed by atoms with Gasteiger partial charge in [0.1, 0.15) is 11.6 Å². The first-order valence-corrected chi connectivity index (χ1v) is 15.5. The van der Waals surface area contributed by atoms with Crippen molar-refractivity contribution in [3.05, 3.63) is 107 Å². The van der Waals surface area contributed by atoms with Crippen molar-refractivity contribution in [2.45, 2.75) is 4.90 Å². The zero-order chi connectivity index (χ0) is 29.5. The third-order valence-corrected chi connectivity index (χ3v) is 8.64. The van der Waals surface area contributed by atoms with Crippen LogP contribution in [0.4, 0.5) is 11.5 Å². The molecule has 2 heterocycles. The molecule has 0 atom stereocenters. The van der Waals surface area contributed by atoms with Crippen molar-refractivity contribution in [1.29, 1.82) is 0 Å². The number of benzene rings is 3. The Bertz CT molecular complexity index is 1630. The van der Waals surface area contributed by atoms with Crippen LogP contribution in [-0.4, -0.2) is 63.5 Å². The number of sulfonamides is 1. The van der Waals surface area contributed by atoms with Crippen LogP contribution in [0.3, 0.4) is 0 Å². The molecule has 0 saturated carbocycles. The fraction of sp³-hybridized carbons (Fsp3) is 0.200. The molecule has 0 unspecified atom stereocenters. The highest BCUT2D eigenvalue weighted by atomic mass is 35.5. The Kier molecular flexibility index (Phi) is 9.48. The molecule has 218 valence electrons. The summed E-state index contributed by atoms with van der Waals surface area (Å²) in [6.45, 7) is 4.72. The fourth-order valence-corrected chi connectivity index (χ4v) is 5.99. The third kappa shape index (κ3) is 7.51. The smallest absolute Gasteiger partial charge is 0.262 e. The van der Waals surface area contributed by atoms with Crippen LogP contribution in [0, 0.1) is 0 Å². The van der Waals surface area contributed by atoms with E-state index in [0.717, 1.165) is 38.5 Å². The van der Waals surface area contributed by atoms with Gasteiger partial charge in [0.2, 0.25) is 0 Å². The summed E-state index contributed by atoms with van der Waals surface area (Å²) in [5.74, 6) is 1.30. The van der Waals surface area contributed by atoms with E-state index in [2.05, 4.69) is 24.8 Å². The van der Waals surface area contributed by atoms with E-state index in [9.17, 15) is 13.2 Å². The molecule has 2 N–H and O–H groups in total. The summed E-state index contributed by atoms with van der Waals surface area (Å²) in [4.78, 5) is 21.7. The maximum absolute atomic E-state index is 13.1. The highest BCUT2D eigenvalue weighted by Gasteiger charge is 2.20. The van der Waals surface area contributed by atoms with E-state index in [4.69, 9.17) is 27.9 Å². The molecular formula is C30H29Cl2N5O4S. The molecule has 5 rings (SSSR count). The van der Waals surface area contributed by atoms with Gasteiger partial charge in [-0.25, -0.2) is 13.4 Å². The summed E-state index contributed by atoms with van der Waals surface area (Å²) in [5, 5.41) is 3.66. The van der Waals surface area contributed by atoms with Crippen LogP contribution in [0.25, 0.3) is 0 Å². The monoisotopic (exact) mass is 625 g/mol. The lowest BCUT2D eigenvalue weighted by atomic mass is 10.2. The van der Waals surface area contributed by atoms with Gasteiger partial charge in [0.05, 0.1) is 15.6 Å². The molecule has 9 nitrogen and oxygen atoms in total. The summed E-state index contributed by atoms with van der Waals surface area (Å²) in [6.07, 6.45) is 1.80. The van der Waals surface area contributed by atoms with Gasteiger partial charge < -0.3 is 15.0 Å². The Labute approximate surface area is 255 Å². The maximum Gasteiger partial charge on any atom is 0.262 e. The number of halogens is 2. The predicted octanol–water partition coefficient (Wildman–Crippen LogP) is 5.53. The van der Waals surface area contributed by atoms with Gasteiger partial charge in [0.15, 0.2) is 5.75 Å². The van der Waals surface area contributed by atoms with Gasteiger partial charge in [-0.2, -0.15) is 0 Å². The summed E-state index contributed by atoms with van der Waals surface area (Å²) in [5.41, 5.74) is 0.598. The molecule has 0 aliphatic carbocycles. The Morgan fingerprint density at radius 3 is 2.33 bits per heavy atom. The number of amides is 1. The molecule has 0 spiro atoms. The van der Waals surface area contributed by atoms with E-state index < -0.39 is 10.0 Å². The topological polar surface area (TPSA) is 104 Å². The molecule has 1 aliphatic rings. The van der Waals surface area contributed by atoms with Crippen molar-refractivity contribution in [1.82, 2.24) is 15.2 Å². The molecular weight excluding hydrogens is 597 g/mol. The maximum atomic E-state index is 13.1. The Hall–Kier alpha value is -3.83. The quantitative estimate of drug-likeness (QED) is 0.239. The van der Waals surface area contributed by atoms with E-state index in [1.54, 1.807) is 42.6 Å². The Morgan fingerprint density at radius 1 is 0.881 bits per heavy atom. The van der Waals surface area contributed by atoms with Gasteiger partial charge in [0.25, 0.3) is 15.9 Å². The van der Waals surface area contributed by atoms with Crippen LogP contribution in [-0.2, 0) is 10.0 Å². The van der Waals surface area contributed by atoms with Gasteiger partial charge in [-0.1, -0.05) is 41.4 Å². The van der Waals surface area contributed by atoms with Gasteiger partial charge in [-0.05, 0) is 66.7 Å². The molecule has 1 saturated heterocycles. The molecule has 12 heteroatoms. The van der Waals surface area contributed by atoms with Crippen molar-refractivity contribution >= 4 is 50.6 Å². The summed E-state index contributed by atoms with van der Waals surface area (Å²) in [6, 6.07) is 23.0. The van der Waals surface area contributed by atoms with Crippen LogP contribution < -0.4 is 19.7 Å². The Morgan fingerprint density at radius 2 is 1.62 bits per heavy atom. The number of para-hydroxylation sites is 2. The number of rotatable bonds is 10. The zero-order valence-corrected chi connectivity index (χ0v) is 24.9. The highest BCUT2D eigenvalue weighted by molar-refractivity contribution is 7.92. The van der Waals surface area contributed by atoms with Crippen molar-refractivity contribution in [3.8, 4) is 11.5 Å². The zero-order valence-electron chi connectivity index (χ0n) is 22.5. The minimum Gasteiger partial charge on any atom is -0.454 e. The largest absolute Gasteiger partial charge is 0.454 e. The fourth-order valence-electron chi connectivity index (χ4n) is 4.48. The number of carbonyl (C=O) groups excluding carboxylic acids is 1. The van der Waals surface area contributed by atoms with E-state index in [1.165, 1.54) is 30.3 Å². The summed E-state index contributed by atoms with van der Waals surface area (Å²) < 4.78 is 34.7. The Balaban J connectivity index is 1.14. The van der Waals surface area contributed by atoms with Gasteiger partial charge >= 0.3 is 0 Å². The normalized spacial score (nSPS) is 13.9. The number of ether oxygens (including phenoxy) is 1. The first-order valence-electron chi connectivity index (χ1n) is 13.3. The van der Waals surface area contributed by atoms with E-state index >= 15 is 0 Å². The van der Waals surface area contributed by atoms with Crippen LogP contribution in [0.5, 0.6) is 11.5 Å². The van der Waals surface area contributed by atoms with Crippen LogP contribution in [0.1, 0.15) is 10.4 Å². The second-order valence-corrected chi connectivity index (χ2v) is 12.1. The van der Waals surface area contributed by atoms with E-state index in [-0.39, 0.29) is 27.3 Å². The predicted molar refractivity (Wildman–Crippen MR) is 165 cm³/mol. The van der Waals surface area contributed by atoms with Crippen LogP contribution in [0.15, 0.2) is 96.0 Å². The number of nitrogens with zero attached hydrogens (tertiary/aromatic N) is 3. The van der Waals surface area contributed by atoms with Crippen molar-refractivity contribution in [2.24, 2.45) is 0 Å². The molecule has 0 bridgehead atoms. The minimum atomic E-state index is -3.97. The number of anilines is 2. The number of hydrogen-bond donors (Lipinski definition) is 2. The first-order chi connectivity index (χ1) is 20.3. The van der Waals surface area contributed by atoms with Crippen molar-refractivity contribution in [3.63, 3.8) is 0 Å². The lowest BCUT2D eigenvalue weighted by Crippen LogP contribution is -2.48. The molecule has 4 aromatic rings. The number of aromatic nitrogens is 1. The first kappa shape index (κ1) is 29.7. The van der Waals surface area contributed by atoms with Crippen LogP contribution >= 0.6 is 23.2 Å².